The van der Waals surface area contributed by atoms with E-state index in [0.717, 1.165) is 0 Å². The maximum absolute atomic E-state index is 8.12. The van der Waals surface area contributed by atoms with Crippen LogP contribution >= 0.6 is 0 Å². The highest BCUT2D eigenvalue weighted by atomic mass is 16.7. The van der Waals surface area contributed by atoms with E-state index in [2.05, 4.69) is 0 Å². The van der Waals surface area contributed by atoms with Gasteiger partial charge in [0.05, 0.1) is 0 Å². The van der Waals surface area contributed by atoms with Gasteiger partial charge in [-0.2, -0.15) is 19.2 Å². The molecule has 16 heavy (non-hydrogen) atoms. The van der Waals surface area contributed by atoms with Gasteiger partial charge in [0, 0.05) is 19.9 Å². The Labute approximate surface area is 93.1 Å². The lowest BCUT2D eigenvalue weighted by molar-refractivity contribution is -0.193. The average Bonchev–Trinajstić information content (AvgIpc) is 1.99. The van der Waals surface area contributed by atoms with E-state index in [9.17, 15) is 0 Å². The second-order valence-corrected chi connectivity index (χ2v) is 0.167. The normalized spacial score (nSPS) is 1.50. The molecule has 10 heteroatoms. The summed E-state index contributed by atoms with van der Waals surface area (Å²) in [4.78, 5) is 60.5. The summed E-state index contributed by atoms with van der Waals surface area (Å²) in [7, 11) is 0. The van der Waals surface area contributed by atoms with Gasteiger partial charge >= 0.3 is 12.3 Å². The zero-order chi connectivity index (χ0) is 9.41. The van der Waals surface area contributed by atoms with Gasteiger partial charge in [0.2, 0.25) is 0 Å². The number of hydrogen-bond donors (Lipinski definition) is 0. The van der Waals surface area contributed by atoms with Crippen LogP contribution in [0.4, 0.5) is 0 Å². The van der Waals surface area contributed by atoms with Crippen LogP contribution in [-0.2, 0) is 19.2 Å². The Balaban J connectivity index is -0.00000000338. The van der Waals surface area contributed by atoms with E-state index >= 15 is 0 Å². The number of hydrogen-bond acceptors (Lipinski definition) is 8. The molecule has 0 unspecified atom stereocenters. The van der Waals surface area contributed by atoms with Gasteiger partial charge in [0.1, 0.15) is 0 Å². The third-order valence-corrected chi connectivity index (χ3v) is 0. The van der Waals surface area contributed by atoms with Crippen molar-refractivity contribution < 1.29 is 30.1 Å². The van der Waals surface area contributed by atoms with E-state index < -0.39 is 0 Å². The standard InChI is InChI=1S/2CO2.4CH4.2O2.2H2O/c2*2-1-3;;;;;2*1-2;;/h;;4*1H4;;;2*1H2. The molecular weight excluding hydrogens is 232 g/mol. The van der Waals surface area contributed by atoms with Crippen molar-refractivity contribution in [2.45, 2.75) is 29.7 Å². The summed E-state index contributed by atoms with van der Waals surface area (Å²) in [6.45, 7) is 0. The van der Waals surface area contributed by atoms with E-state index in [-0.39, 0.29) is 53.0 Å². The third kappa shape index (κ3) is 313. The first-order valence-electron chi connectivity index (χ1n) is 1.15. The molecule has 0 aromatic rings. The minimum absolute atomic E-state index is 0. The highest BCUT2D eigenvalue weighted by molar-refractivity contribution is 5.20. The number of carbonyl (C=O) groups excluding carboxylic acids is 4. The Morgan fingerprint density at radius 2 is 0.438 bits per heavy atom. The minimum Gasteiger partial charge on any atom is -0.412 e. The summed E-state index contributed by atoms with van der Waals surface area (Å²) in [6, 6.07) is 0. The van der Waals surface area contributed by atoms with Gasteiger partial charge in [0.15, 0.2) is 0 Å². The highest BCUT2D eigenvalue weighted by Gasteiger charge is 1.13. The first-order chi connectivity index (χ1) is 4.83. The van der Waals surface area contributed by atoms with Crippen molar-refractivity contribution in [1.82, 2.24) is 0 Å². The summed E-state index contributed by atoms with van der Waals surface area (Å²) in [6.07, 6.45) is 0.500. The largest absolute Gasteiger partial charge is 0.412 e. The molecule has 0 spiro atoms. The van der Waals surface area contributed by atoms with Gasteiger partial charge in [-0.3, -0.25) is 0 Å². The van der Waals surface area contributed by atoms with E-state index in [4.69, 9.17) is 39.0 Å². The second kappa shape index (κ2) is 126000. The third-order valence-electron chi connectivity index (χ3n) is 0. The Morgan fingerprint density at radius 1 is 0.438 bits per heavy atom. The van der Waals surface area contributed by atoms with Crippen LogP contribution in [0.1, 0.15) is 29.7 Å². The predicted molar refractivity (Wildman–Crippen MR) is 57.6 cm³/mol. The van der Waals surface area contributed by atoms with Crippen molar-refractivity contribution >= 4 is 12.3 Å². The van der Waals surface area contributed by atoms with Crippen LogP contribution in [0.3, 0.4) is 0 Å². The molecule has 0 fully saturated rings. The quantitative estimate of drug-likeness (QED) is 0.566. The first-order valence-corrected chi connectivity index (χ1v) is 1.15. The Kier molecular flexibility index (Phi) is 1210000. The van der Waals surface area contributed by atoms with Crippen LogP contribution in [0.25, 0.3) is 0 Å². The molecule has 0 aromatic heterocycles. The molecular formula is C6H20O10. The van der Waals surface area contributed by atoms with Crippen molar-refractivity contribution in [3.8, 4) is 0 Å². The summed E-state index contributed by atoms with van der Waals surface area (Å²) in [5, 5.41) is 0. The molecule has 0 bridgehead atoms. The smallest absolute Gasteiger partial charge is 0.373 e. The van der Waals surface area contributed by atoms with Crippen molar-refractivity contribution in [2.24, 2.45) is 0 Å². The molecule has 0 saturated carbocycles. The fourth-order valence-corrected chi connectivity index (χ4v) is 0. The van der Waals surface area contributed by atoms with Crippen LogP contribution in [0.5, 0.6) is 0 Å². The molecule has 0 radical (unpaired) electrons. The van der Waals surface area contributed by atoms with Crippen LogP contribution in [0.2, 0.25) is 0 Å². The second-order valence-electron chi connectivity index (χ2n) is 0.167. The fourth-order valence-electron chi connectivity index (χ4n) is 0. The first kappa shape index (κ1) is 153. The summed E-state index contributed by atoms with van der Waals surface area (Å²) in [5.74, 6) is 0. The van der Waals surface area contributed by atoms with Crippen LogP contribution in [0.15, 0.2) is 0 Å². The molecule has 0 amide bonds. The topological polar surface area (TPSA) is 200 Å². The van der Waals surface area contributed by atoms with E-state index in [1.54, 1.807) is 0 Å². The lowest BCUT2D eigenvalue weighted by Gasteiger charge is -0.945. The Bertz CT molecular complexity index is 87.9. The average molecular weight is 252 g/mol. The van der Waals surface area contributed by atoms with Gasteiger partial charge in [0.25, 0.3) is 0 Å². The lowest BCUT2D eigenvalue weighted by atomic mass is 11.8. The summed E-state index contributed by atoms with van der Waals surface area (Å²) >= 11 is 0. The molecule has 10 nitrogen and oxygen atoms in total. The van der Waals surface area contributed by atoms with E-state index in [0.29, 0.717) is 0 Å². The van der Waals surface area contributed by atoms with Crippen molar-refractivity contribution in [3.63, 3.8) is 0 Å². The fraction of sp³-hybridized carbons (Fsp3) is 0.667. The summed E-state index contributed by atoms with van der Waals surface area (Å²) < 4.78 is 0. The molecule has 0 rings (SSSR count). The number of rotatable bonds is 0. The molecule has 0 aliphatic rings. The van der Waals surface area contributed by atoms with Gasteiger partial charge in [-0.1, -0.05) is 29.7 Å². The molecule has 0 atom stereocenters. The van der Waals surface area contributed by atoms with Gasteiger partial charge < -0.3 is 11.0 Å². The summed E-state index contributed by atoms with van der Waals surface area (Å²) in [5.41, 5.74) is 0. The minimum atomic E-state index is 0. The maximum Gasteiger partial charge on any atom is 0.373 e. The molecule has 104 valence electrons. The van der Waals surface area contributed by atoms with Crippen LogP contribution in [0, 0.1) is 19.9 Å². The zero-order valence-electron chi connectivity index (χ0n) is 5.27. The lowest BCUT2D eigenvalue weighted by Crippen LogP contribution is -1.22. The SMILES string of the molecule is C.C.C.C.O.O.O=C=O.O=C=O.O=O.O=O. The molecule has 0 aliphatic carbocycles. The van der Waals surface area contributed by atoms with Gasteiger partial charge in [-0.15, -0.1) is 0 Å². The highest BCUT2D eigenvalue weighted by Crippen LogP contribution is 0.791. The monoisotopic (exact) mass is 252 g/mol. The van der Waals surface area contributed by atoms with E-state index in [1.165, 1.54) is 0 Å². The molecule has 0 aliphatic heterocycles. The Hall–Kier alpha value is -2.12. The van der Waals surface area contributed by atoms with Gasteiger partial charge in [-0.05, 0) is 0 Å². The molecule has 0 saturated heterocycles. The van der Waals surface area contributed by atoms with Crippen molar-refractivity contribution in [1.29, 1.82) is 0 Å². The van der Waals surface area contributed by atoms with E-state index in [1.807, 2.05) is 0 Å². The van der Waals surface area contributed by atoms with Gasteiger partial charge in [-0.25, -0.2) is 0 Å². The van der Waals surface area contributed by atoms with Crippen molar-refractivity contribution in [2.75, 3.05) is 0 Å². The zero-order valence-corrected chi connectivity index (χ0v) is 5.27. The molecule has 0 heterocycles. The van der Waals surface area contributed by atoms with Crippen LogP contribution < -0.4 is 0 Å². The van der Waals surface area contributed by atoms with Crippen LogP contribution in [-0.4, -0.2) is 23.3 Å². The predicted octanol–water partition coefficient (Wildman–Crippen LogP) is -0.138. The Morgan fingerprint density at radius 3 is 0.438 bits per heavy atom. The maximum atomic E-state index is 8.12. The molecule has 4 N–H and O–H groups in total. The molecule has 0 aromatic carbocycles. The van der Waals surface area contributed by atoms with Crippen molar-refractivity contribution in [3.05, 3.63) is 19.9 Å².